The Kier molecular flexibility index (Phi) is 6.52. The molecule has 174 valence electrons. The fraction of sp³-hybridized carbons (Fsp3) is 0.103. The summed E-state index contributed by atoms with van der Waals surface area (Å²) < 4.78 is 24.9. The van der Waals surface area contributed by atoms with Gasteiger partial charge in [0.05, 0.1) is 7.11 Å². The van der Waals surface area contributed by atoms with Crippen molar-refractivity contribution in [2.45, 2.75) is 13.2 Å². The summed E-state index contributed by atoms with van der Waals surface area (Å²) in [5, 5.41) is 4.24. The third-order valence-corrected chi connectivity index (χ3v) is 5.73. The Morgan fingerprint density at radius 2 is 1.57 bits per heavy atom. The summed E-state index contributed by atoms with van der Waals surface area (Å²) >= 11 is 0. The van der Waals surface area contributed by atoms with E-state index in [1.165, 1.54) is 18.5 Å². The quantitative estimate of drug-likeness (QED) is 0.279. The molecule has 1 aromatic heterocycles. The minimum atomic E-state index is -0.274. The van der Waals surface area contributed by atoms with E-state index in [2.05, 4.69) is 15.3 Å². The van der Waals surface area contributed by atoms with Crippen LogP contribution in [0.15, 0.2) is 97.3 Å². The van der Waals surface area contributed by atoms with E-state index < -0.39 is 0 Å². The zero-order valence-electron chi connectivity index (χ0n) is 19.2. The average Bonchev–Trinajstić information content (AvgIpc) is 2.91. The lowest BCUT2D eigenvalue weighted by molar-refractivity contribution is 0.306. The highest BCUT2D eigenvalue weighted by molar-refractivity contribution is 5.96. The molecule has 1 N–H and O–H groups in total. The van der Waals surface area contributed by atoms with Crippen molar-refractivity contribution >= 4 is 16.7 Å². The minimum Gasteiger partial charge on any atom is -0.494 e. The lowest BCUT2D eigenvalue weighted by Crippen LogP contribution is -2.03. The molecule has 0 aliphatic heterocycles. The molecule has 0 spiro atoms. The van der Waals surface area contributed by atoms with Crippen molar-refractivity contribution in [3.63, 3.8) is 0 Å². The molecule has 0 amide bonds. The SMILES string of the molecule is COc1cc(-c2ccc(F)cc2)cc2c(NCc3ccc(OCc4ccccc4)cc3)ncnc12. The highest BCUT2D eigenvalue weighted by atomic mass is 19.1. The Morgan fingerprint density at radius 1 is 0.800 bits per heavy atom. The number of hydrogen-bond acceptors (Lipinski definition) is 5. The fourth-order valence-electron chi connectivity index (χ4n) is 3.87. The third kappa shape index (κ3) is 5.22. The summed E-state index contributed by atoms with van der Waals surface area (Å²) in [6, 6.07) is 28.3. The molecule has 0 atom stereocenters. The van der Waals surface area contributed by atoms with Gasteiger partial charge < -0.3 is 14.8 Å². The van der Waals surface area contributed by atoms with Crippen molar-refractivity contribution in [1.29, 1.82) is 0 Å². The van der Waals surface area contributed by atoms with E-state index in [4.69, 9.17) is 9.47 Å². The van der Waals surface area contributed by atoms with Crippen LogP contribution in [0, 0.1) is 5.82 Å². The summed E-state index contributed by atoms with van der Waals surface area (Å²) in [6.45, 7) is 1.11. The predicted molar refractivity (Wildman–Crippen MR) is 136 cm³/mol. The van der Waals surface area contributed by atoms with Crippen molar-refractivity contribution in [3.05, 3.63) is 114 Å². The Bertz CT molecular complexity index is 1420. The maximum absolute atomic E-state index is 13.4. The Labute approximate surface area is 203 Å². The molecule has 0 unspecified atom stereocenters. The van der Waals surface area contributed by atoms with Gasteiger partial charge >= 0.3 is 0 Å². The van der Waals surface area contributed by atoms with Crippen LogP contribution in [0.4, 0.5) is 10.2 Å². The number of fused-ring (bicyclic) bond motifs is 1. The summed E-state index contributed by atoms with van der Waals surface area (Å²) in [6.07, 6.45) is 1.52. The van der Waals surface area contributed by atoms with Gasteiger partial charge in [0.1, 0.15) is 41.6 Å². The first kappa shape index (κ1) is 22.3. The Hall–Kier alpha value is -4.45. The number of nitrogens with zero attached hydrogens (tertiary/aromatic N) is 2. The van der Waals surface area contributed by atoms with Gasteiger partial charge in [-0.05, 0) is 58.7 Å². The van der Waals surface area contributed by atoms with Crippen molar-refractivity contribution in [3.8, 4) is 22.6 Å². The van der Waals surface area contributed by atoms with Crippen LogP contribution >= 0.6 is 0 Å². The smallest absolute Gasteiger partial charge is 0.145 e. The van der Waals surface area contributed by atoms with Crippen LogP contribution in [0.5, 0.6) is 11.5 Å². The second kappa shape index (κ2) is 10.2. The number of nitrogens with one attached hydrogen (secondary N) is 1. The van der Waals surface area contributed by atoms with Gasteiger partial charge in [0.2, 0.25) is 0 Å². The van der Waals surface area contributed by atoms with Gasteiger partial charge in [0.15, 0.2) is 0 Å². The highest BCUT2D eigenvalue weighted by Gasteiger charge is 2.12. The molecule has 0 aliphatic carbocycles. The Morgan fingerprint density at radius 3 is 2.31 bits per heavy atom. The predicted octanol–water partition coefficient (Wildman–Crippen LogP) is 6.64. The molecular weight excluding hydrogens is 441 g/mol. The van der Waals surface area contributed by atoms with Crippen LogP contribution in [-0.4, -0.2) is 17.1 Å². The molecule has 5 aromatic rings. The zero-order valence-corrected chi connectivity index (χ0v) is 19.2. The third-order valence-electron chi connectivity index (χ3n) is 5.73. The number of rotatable bonds is 8. The van der Waals surface area contributed by atoms with Gasteiger partial charge in [0.25, 0.3) is 0 Å². The van der Waals surface area contributed by atoms with E-state index in [9.17, 15) is 4.39 Å². The van der Waals surface area contributed by atoms with Gasteiger partial charge in [-0.25, -0.2) is 14.4 Å². The lowest BCUT2D eigenvalue weighted by Gasteiger charge is -2.13. The molecule has 5 nitrogen and oxygen atoms in total. The van der Waals surface area contributed by atoms with Crippen LogP contribution < -0.4 is 14.8 Å². The number of benzene rings is 4. The van der Waals surface area contributed by atoms with E-state index in [-0.39, 0.29) is 5.82 Å². The van der Waals surface area contributed by atoms with Crippen molar-refractivity contribution in [2.75, 3.05) is 12.4 Å². The number of anilines is 1. The van der Waals surface area contributed by atoms with E-state index in [1.54, 1.807) is 19.2 Å². The molecule has 1 heterocycles. The van der Waals surface area contributed by atoms with E-state index >= 15 is 0 Å². The number of aromatic nitrogens is 2. The summed E-state index contributed by atoms with van der Waals surface area (Å²) in [7, 11) is 1.61. The monoisotopic (exact) mass is 465 g/mol. The van der Waals surface area contributed by atoms with Crippen LogP contribution in [0.2, 0.25) is 0 Å². The fourth-order valence-corrected chi connectivity index (χ4v) is 3.87. The largest absolute Gasteiger partial charge is 0.494 e. The van der Waals surface area contributed by atoms with Crippen LogP contribution in [0.1, 0.15) is 11.1 Å². The first-order valence-electron chi connectivity index (χ1n) is 11.3. The zero-order chi connectivity index (χ0) is 24.0. The van der Waals surface area contributed by atoms with Crippen molar-refractivity contribution in [2.24, 2.45) is 0 Å². The normalized spacial score (nSPS) is 10.8. The van der Waals surface area contributed by atoms with Crippen molar-refractivity contribution in [1.82, 2.24) is 9.97 Å². The molecular formula is C29H24FN3O2. The van der Waals surface area contributed by atoms with E-state index in [0.717, 1.165) is 33.4 Å². The van der Waals surface area contributed by atoms with Gasteiger partial charge in [-0.1, -0.05) is 54.6 Å². The summed E-state index contributed by atoms with van der Waals surface area (Å²) in [5.41, 5.74) is 4.70. The molecule has 0 aliphatic rings. The lowest BCUT2D eigenvalue weighted by atomic mass is 10.0. The maximum Gasteiger partial charge on any atom is 0.145 e. The number of hydrogen-bond donors (Lipinski definition) is 1. The second-order valence-corrected chi connectivity index (χ2v) is 8.08. The number of ether oxygens (including phenoxy) is 2. The van der Waals surface area contributed by atoms with Crippen LogP contribution in [0.3, 0.4) is 0 Å². The van der Waals surface area contributed by atoms with Gasteiger partial charge in [-0.3, -0.25) is 0 Å². The molecule has 0 bridgehead atoms. The first-order valence-corrected chi connectivity index (χ1v) is 11.3. The average molecular weight is 466 g/mol. The van der Waals surface area contributed by atoms with Crippen molar-refractivity contribution < 1.29 is 13.9 Å². The first-order chi connectivity index (χ1) is 17.2. The molecule has 0 radical (unpaired) electrons. The van der Waals surface area contributed by atoms with Gasteiger partial charge in [-0.15, -0.1) is 0 Å². The highest BCUT2D eigenvalue weighted by Crippen LogP contribution is 2.34. The second-order valence-electron chi connectivity index (χ2n) is 8.08. The summed E-state index contributed by atoms with van der Waals surface area (Å²) in [5.74, 6) is 1.87. The van der Waals surface area contributed by atoms with Crippen LogP contribution in [0.25, 0.3) is 22.0 Å². The Balaban J connectivity index is 1.34. The van der Waals surface area contributed by atoms with E-state index in [0.29, 0.717) is 30.2 Å². The topological polar surface area (TPSA) is 56.3 Å². The standard InChI is InChI=1S/C29H24FN3O2/c1-34-27-16-23(22-9-11-24(30)12-10-22)15-26-28(27)32-19-33-29(26)31-17-20-7-13-25(14-8-20)35-18-21-5-3-2-4-6-21/h2-16,19H,17-18H2,1H3,(H,31,32,33). The van der Waals surface area contributed by atoms with E-state index in [1.807, 2.05) is 66.7 Å². The van der Waals surface area contributed by atoms with Crippen LogP contribution in [-0.2, 0) is 13.2 Å². The van der Waals surface area contributed by atoms with Gasteiger partial charge in [0, 0.05) is 11.9 Å². The molecule has 0 saturated heterocycles. The molecule has 0 saturated carbocycles. The molecule has 6 heteroatoms. The number of methoxy groups -OCH3 is 1. The minimum absolute atomic E-state index is 0.274. The molecule has 35 heavy (non-hydrogen) atoms. The summed E-state index contributed by atoms with van der Waals surface area (Å²) in [4.78, 5) is 8.89. The van der Waals surface area contributed by atoms with Gasteiger partial charge in [-0.2, -0.15) is 0 Å². The molecule has 4 aromatic carbocycles. The number of halogens is 1. The molecule has 0 fully saturated rings. The maximum atomic E-state index is 13.4. The molecule has 5 rings (SSSR count).